The molecule has 0 radical (unpaired) electrons. The van der Waals surface area contributed by atoms with E-state index < -0.39 is 34.6 Å². The summed E-state index contributed by atoms with van der Waals surface area (Å²) < 4.78 is 72.1. The molecule has 2 aromatic heterocycles. The number of hydrogen-bond acceptors (Lipinski definition) is 3. The van der Waals surface area contributed by atoms with Gasteiger partial charge in [-0.1, -0.05) is 97.1 Å². The largest absolute Gasteiger partial charge is 0.247 e. The van der Waals surface area contributed by atoms with Gasteiger partial charge in [-0.05, 0) is 36.2 Å². The van der Waals surface area contributed by atoms with E-state index in [9.17, 15) is 22.0 Å². The van der Waals surface area contributed by atoms with Crippen LogP contribution in [0.5, 0.6) is 0 Å². The summed E-state index contributed by atoms with van der Waals surface area (Å²) in [6.45, 7) is 1.92. The third-order valence-corrected chi connectivity index (χ3v) is 8.53. The molecule has 0 N–H and O–H groups in total. The van der Waals surface area contributed by atoms with Gasteiger partial charge in [0.25, 0.3) is 0 Å². The summed E-state index contributed by atoms with van der Waals surface area (Å²) in [5.74, 6) is -10.0. The van der Waals surface area contributed by atoms with Crippen molar-refractivity contribution in [2.75, 3.05) is 0 Å². The number of rotatable bonds is 4. The summed E-state index contributed by atoms with van der Waals surface area (Å²) in [6.07, 6.45) is 0. The van der Waals surface area contributed by atoms with Gasteiger partial charge in [0, 0.05) is 32.8 Å². The second-order valence-electron chi connectivity index (χ2n) is 11.5. The molecule has 6 aromatic carbocycles. The molecule has 2 heterocycles. The third kappa shape index (κ3) is 4.59. The van der Waals surface area contributed by atoms with Crippen LogP contribution in [0.15, 0.2) is 115 Å². The molecule has 3 nitrogen and oxygen atoms in total. The predicted molar refractivity (Wildman–Crippen MR) is 179 cm³/mol. The highest BCUT2D eigenvalue weighted by Gasteiger charge is 2.27. The molecule has 0 unspecified atom stereocenters. The number of aryl methyl sites for hydroxylation is 1. The Kier molecular flexibility index (Phi) is 6.95. The summed E-state index contributed by atoms with van der Waals surface area (Å²) in [5, 5.41) is 2.31. The van der Waals surface area contributed by atoms with Gasteiger partial charge in [-0.25, -0.2) is 36.9 Å². The molecule has 8 rings (SSSR count). The number of nitrogens with zero attached hydrogens (tertiary/aromatic N) is 3. The van der Waals surface area contributed by atoms with E-state index in [1.54, 1.807) is 6.07 Å². The van der Waals surface area contributed by atoms with Crippen LogP contribution in [0.2, 0.25) is 0 Å². The number of para-hydroxylation sites is 1. The quantitative estimate of drug-likeness (QED) is 0.0832. The van der Waals surface area contributed by atoms with Crippen LogP contribution in [-0.2, 0) is 0 Å². The van der Waals surface area contributed by atoms with Gasteiger partial charge in [-0.15, -0.1) is 0 Å². The van der Waals surface area contributed by atoms with Crippen LogP contribution in [-0.4, -0.2) is 15.0 Å². The molecular weight excluding hydrogens is 617 g/mol. The van der Waals surface area contributed by atoms with Gasteiger partial charge in [-0.3, -0.25) is 0 Å². The van der Waals surface area contributed by atoms with Crippen LogP contribution in [0.3, 0.4) is 0 Å². The summed E-state index contributed by atoms with van der Waals surface area (Å²) >= 11 is 0. The van der Waals surface area contributed by atoms with Gasteiger partial charge in [0.15, 0.2) is 23.3 Å². The Hall–Kier alpha value is -6.02. The first-order chi connectivity index (χ1) is 23.3. The molecule has 0 aliphatic heterocycles. The van der Waals surface area contributed by atoms with Gasteiger partial charge < -0.3 is 0 Å². The van der Waals surface area contributed by atoms with Crippen molar-refractivity contribution in [2.45, 2.75) is 6.92 Å². The molecule has 0 saturated heterocycles. The number of benzene rings is 6. The number of fused-ring (bicyclic) bond motifs is 5. The van der Waals surface area contributed by atoms with E-state index >= 15 is 0 Å². The molecule has 8 heteroatoms. The summed E-state index contributed by atoms with van der Waals surface area (Å²) in [7, 11) is 0. The van der Waals surface area contributed by atoms with Crippen LogP contribution in [0.25, 0.3) is 77.6 Å². The van der Waals surface area contributed by atoms with Gasteiger partial charge in [-0.2, -0.15) is 0 Å². The van der Waals surface area contributed by atoms with E-state index in [0.29, 0.717) is 33.5 Å². The van der Waals surface area contributed by atoms with Crippen LogP contribution in [0.1, 0.15) is 5.56 Å². The van der Waals surface area contributed by atoms with Crippen molar-refractivity contribution in [3.8, 4) is 44.9 Å². The monoisotopic (exact) mass is 639 g/mol. The molecule has 0 fully saturated rings. The van der Waals surface area contributed by atoms with Gasteiger partial charge in [0.2, 0.25) is 5.82 Å². The van der Waals surface area contributed by atoms with E-state index in [2.05, 4.69) is 0 Å². The standard InChI is InChI=1S/C40H22F5N3/c1-21-19-28-40(48-39(23-13-6-3-7-14-23)38(47-28)22-11-4-2-5-12-22)31-26-17-8-9-18-27(26)46-37(29(21)31)25-16-10-15-24(20-25)30-32(41)34(43)36(45)35(44)33(30)42/h2-20H,1H3. The number of halogens is 5. The second-order valence-corrected chi connectivity index (χ2v) is 11.5. The lowest BCUT2D eigenvalue weighted by Crippen LogP contribution is -2.04. The number of hydrogen-bond donors (Lipinski definition) is 0. The van der Waals surface area contributed by atoms with Gasteiger partial charge in [0.05, 0.1) is 39.2 Å². The lowest BCUT2D eigenvalue weighted by atomic mass is 9.93. The van der Waals surface area contributed by atoms with E-state index in [0.717, 1.165) is 38.5 Å². The topological polar surface area (TPSA) is 38.7 Å². The van der Waals surface area contributed by atoms with E-state index in [1.807, 2.05) is 97.9 Å². The van der Waals surface area contributed by atoms with Crippen molar-refractivity contribution in [3.05, 3.63) is 150 Å². The molecule has 0 aliphatic carbocycles. The van der Waals surface area contributed by atoms with Gasteiger partial charge >= 0.3 is 0 Å². The minimum atomic E-state index is -2.21. The first-order valence-electron chi connectivity index (χ1n) is 15.1. The first kappa shape index (κ1) is 29.4. The predicted octanol–water partition coefficient (Wildman–Crippen LogP) is 11.0. The zero-order valence-corrected chi connectivity index (χ0v) is 25.2. The number of aromatic nitrogens is 3. The Bertz CT molecular complexity index is 2540. The molecule has 0 spiro atoms. The maximum Gasteiger partial charge on any atom is 0.200 e. The van der Waals surface area contributed by atoms with Crippen LogP contribution in [0.4, 0.5) is 22.0 Å². The summed E-state index contributed by atoms with van der Waals surface area (Å²) in [6, 6.07) is 35.0. The fourth-order valence-electron chi connectivity index (χ4n) is 6.34. The maximum atomic E-state index is 14.9. The Labute approximate surface area is 271 Å². The average molecular weight is 640 g/mol. The molecule has 0 aliphatic rings. The highest BCUT2D eigenvalue weighted by atomic mass is 19.2. The van der Waals surface area contributed by atoms with Crippen LogP contribution < -0.4 is 0 Å². The summed E-state index contributed by atoms with van der Waals surface area (Å²) in [4.78, 5) is 15.4. The second kappa shape index (κ2) is 11.3. The van der Waals surface area contributed by atoms with Crippen molar-refractivity contribution >= 4 is 32.7 Å². The molecule has 0 atom stereocenters. The Morgan fingerprint density at radius 1 is 0.417 bits per heavy atom. The Morgan fingerprint density at radius 3 is 1.60 bits per heavy atom. The van der Waals surface area contributed by atoms with Crippen molar-refractivity contribution in [2.24, 2.45) is 0 Å². The molecule has 8 aromatic rings. The third-order valence-electron chi connectivity index (χ3n) is 8.53. The lowest BCUT2D eigenvalue weighted by molar-refractivity contribution is 0.381. The highest BCUT2D eigenvalue weighted by molar-refractivity contribution is 6.22. The van der Waals surface area contributed by atoms with Crippen LogP contribution >= 0.6 is 0 Å². The zero-order valence-electron chi connectivity index (χ0n) is 25.2. The molecule has 0 saturated carbocycles. The van der Waals surface area contributed by atoms with E-state index in [4.69, 9.17) is 15.0 Å². The smallest absolute Gasteiger partial charge is 0.200 e. The lowest BCUT2D eigenvalue weighted by Gasteiger charge is -2.17. The fraction of sp³-hybridized carbons (Fsp3) is 0.0250. The van der Waals surface area contributed by atoms with E-state index in [1.165, 1.54) is 18.2 Å². The minimum Gasteiger partial charge on any atom is -0.247 e. The Balaban J connectivity index is 1.46. The molecule has 48 heavy (non-hydrogen) atoms. The van der Waals surface area contributed by atoms with E-state index in [-0.39, 0.29) is 5.56 Å². The van der Waals surface area contributed by atoms with Gasteiger partial charge in [0.1, 0.15) is 0 Å². The van der Waals surface area contributed by atoms with Crippen molar-refractivity contribution < 1.29 is 22.0 Å². The normalized spacial score (nSPS) is 11.5. The zero-order chi connectivity index (χ0) is 33.1. The molecular formula is C40H22F5N3. The SMILES string of the molecule is Cc1cc2nc(-c3ccccc3)c(-c3ccccc3)nc2c2c1c(-c1cccc(-c3c(F)c(F)c(F)c(F)c3F)c1)nc1ccccc12. The van der Waals surface area contributed by atoms with Crippen molar-refractivity contribution in [3.63, 3.8) is 0 Å². The number of pyridine rings is 1. The molecule has 232 valence electrons. The van der Waals surface area contributed by atoms with Crippen molar-refractivity contribution in [1.82, 2.24) is 15.0 Å². The highest BCUT2D eigenvalue weighted by Crippen LogP contribution is 2.41. The maximum absolute atomic E-state index is 14.9. The summed E-state index contributed by atoms with van der Waals surface area (Å²) in [5.41, 5.74) is 5.64. The van der Waals surface area contributed by atoms with Crippen LogP contribution in [0, 0.1) is 36.0 Å². The Morgan fingerprint density at radius 2 is 0.938 bits per heavy atom. The first-order valence-corrected chi connectivity index (χ1v) is 15.1. The minimum absolute atomic E-state index is 0.180. The average Bonchev–Trinajstić information content (AvgIpc) is 3.13. The fourth-order valence-corrected chi connectivity index (χ4v) is 6.34. The van der Waals surface area contributed by atoms with Crippen molar-refractivity contribution in [1.29, 1.82) is 0 Å². The molecule has 0 amide bonds. The molecule has 0 bridgehead atoms.